The highest BCUT2D eigenvalue weighted by atomic mass is 19.1. The Morgan fingerprint density at radius 1 is 1.11 bits per heavy atom. The molecule has 0 bridgehead atoms. The highest BCUT2D eigenvalue weighted by Gasteiger charge is 2.33. The van der Waals surface area contributed by atoms with Crippen molar-refractivity contribution in [1.29, 1.82) is 0 Å². The third-order valence-corrected chi connectivity index (χ3v) is 6.62. The zero-order chi connectivity index (χ0) is 26.6. The van der Waals surface area contributed by atoms with Gasteiger partial charge in [-0.2, -0.15) is 0 Å². The zero-order valence-corrected chi connectivity index (χ0v) is 21.8. The van der Waals surface area contributed by atoms with E-state index >= 15 is 0 Å². The minimum Gasteiger partial charge on any atom is -0.370 e. The Hall–Kier alpha value is -3.36. The van der Waals surface area contributed by atoms with E-state index in [0.717, 1.165) is 43.1 Å². The van der Waals surface area contributed by atoms with Gasteiger partial charge in [0, 0.05) is 6.20 Å². The summed E-state index contributed by atoms with van der Waals surface area (Å²) in [5, 5.41) is 8.84. The Balaban J connectivity index is 1.55. The number of aryl methyl sites for hydroxylation is 1. The van der Waals surface area contributed by atoms with Crippen LogP contribution in [0.3, 0.4) is 0 Å². The molecule has 2 atom stereocenters. The average Bonchev–Trinajstić information content (AvgIpc) is 2.86. The zero-order valence-electron chi connectivity index (χ0n) is 21.8. The first-order chi connectivity index (χ1) is 17.6. The number of hydrogen-bond acceptors (Lipinski definition) is 5. The molecule has 2 aliphatic rings. The van der Waals surface area contributed by atoms with Crippen molar-refractivity contribution in [3.8, 4) is 0 Å². The quantitative estimate of drug-likeness (QED) is 0.512. The van der Waals surface area contributed by atoms with E-state index in [9.17, 15) is 14.0 Å². The van der Waals surface area contributed by atoms with Gasteiger partial charge in [0.05, 0.1) is 29.4 Å². The third kappa shape index (κ3) is 6.90. The van der Waals surface area contributed by atoms with Gasteiger partial charge in [-0.3, -0.25) is 9.59 Å². The molecule has 1 saturated heterocycles. The number of halogens is 1. The number of rotatable bonds is 6. The van der Waals surface area contributed by atoms with Gasteiger partial charge in [-0.1, -0.05) is 45.1 Å². The average molecular weight is 507 g/mol. The lowest BCUT2D eigenvalue weighted by molar-refractivity contribution is -0.123. The van der Waals surface area contributed by atoms with E-state index in [0.29, 0.717) is 5.82 Å². The van der Waals surface area contributed by atoms with Gasteiger partial charge in [0.1, 0.15) is 11.6 Å². The Bertz CT molecular complexity index is 1190. The molecule has 1 fully saturated rings. The van der Waals surface area contributed by atoms with Gasteiger partial charge >= 0.3 is 0 Å². The minimum absolute atomic E-state index is 0.0114. The number of aromatic nitrogens is 1. The number of amides is 2. The second kappa shape index (κ2) is 11.4. The van der Waals surface area contributed by atoms with Crippen molar-refractivity contribution in [3.05, 3.63) is 77.3 Å². The second-order valence-corrected chi connectivity index (χ2v) is 10.7. The summed E-state index contributed by atoms with van der Waals surface area (Å²) >= 11 is 0. The molecule has 4 rings (SSSR count). The van der Waals surface area contributed by atoms with Gasteiger partial charge in [0.2, 0.25) is 5.91 Å². The van der Waals surface area contributed by atoms with Crippen LogP contribution >= 0.6 is 0 Å². The maximum atomic E-state index is 14.1. The molecule has 1 aromatic carbocycles. The van der Waals surface area contributed by atoms with Crippen LogP contribution in [0.15, 0.2) is 60.3 Å². The second-order valence-electron chi connectivity index (χ2n) is 10.7. The van der Waals surface area contributed by atoms with E-state index in [1.54, 1.807) is 12.3 Å². The van der Waals surface area contributed by atoms with Crippen LogP contribution in [-0.4, -0.2) is 42.1 Å². The van der Waals surface area contributed by atoms with E-state index in [2.05, 4.69) is 41.7 Å². The van der Waals surface area contributed by atoms with E-state index in [1.165, 1.54) is 12.1 Å². The Labute approximate surface area is 217 Å². The Morgan fingerprint density at radius 3 is 2.54 bits per heavy atom. The predicted octanol–water partition coefficient (Wildman–Crippen LogP) is 5.02. The number of carbonyl (C=O) groups is 2. The predicted molar refractivity (Wildman–Crippen MR) is 143 cm³/mol. The summed E-state index contributed by atoms with van der Waals surface area (Å²) in [7, 11) is 0. The molecule has 2 unspecified atom stereocenters. The number of benzene rings is 1. The minimum atomic E-state index is -0.597. The highest BCUT2D eigenvalue weighted by molar-refractivity contribution is 6.10. The first-order valence-corrected chi connectivity index (χ1v) is 12.7. The van der Waals surface area contributed by atoms with E-state index < -0.39 is 23.7 Å². The lowest BCUT2D eigenvalue weighted by Crippen LogP contribution is -2.40. The van der Waals surface area contributed by atoms with Crippen molar-refractivity contribution in [1.82, 2.24) is 10.3 Å². The van der Waals surface area contributed by atoms with Gasteiger partial charge in [0.15, 0.2) is 0 Å². The molecule has 0 spiro atoms. The molecule has 3 N–H and O–H groups in total. The monoisotopic (exact) mass is 506 g/mol. The smallest absolute Gasteiger partial charge is 0.259 e. The number of piperidine rings is 1. The molecule has 1 aliphatic carbocycles. The number of carbonyl (C=O) groups excluding carboxylic acids is 2. The van der Waals surface area contributed by atoms with Crippen LogP contribution in [0.5, 0.6) is 0 Å². The summed E-state index contributed by atoms with van der Waals surface area (Å²) in [4.78, 5) is 30.7. The maximum Gasteiger partial charge on any atom is 0.259 e. The normalized spacial score (nSPS) is 20.3. The number of anilines is 2. The molecule has 1 aliphatic heterocycles. The summed E-state index contributed by atoms with van der Waals surface area (Å²) in [6.07, 6.45) is 8.85. The molecular weight excluding hydrogens is 471 g/mol. The van der Waals surface area contributed by atoms with Crippen LogP contribution in [0.1, 0.15) is 49.5 Å². The van der Waals surface area contributed by atoms with Crippen molar-refractivity contribution in [3.63, 3.8) is 0 Å². The highest BCUT2D eigenvalue weighted by Crippen LogP contribution is 2.34. The fourth-order valence-electron chi connectivity index (χ4n) is 4.42. The summed E-state index contributed by atoms with van der Waals surface area (Å²) in [6, 6.07) is 7.20. The van der Waals surface area contributed by atoms with Crippen LogP contribution in [-0.2, 0) is 9.53 Å². The molecule has 8 heteroatoms. The topological polar surface area (TPSA) is 92.4 Å². The molecule has 37 heavy (non-hydrogen) atoms. The third-order valence-electron chi connectivity index (χ3n) is 6.62. The summed E-state index contributed by atoms with van der Waals surface area (Å²) in [6.45, 7) is 10.0. The molecule has 0 saturated carbocycles. The summed E-state index contributed by atoms with van der Waals surface area (Å²) < 4.78 is 20.6. The lowest BCUT2D eigenvalue weighted by atomic mass is 9.80. The van der Waals surface area contributed by atoms with Gasteiger partial charge in [-0.05, 0) is 73.7 Å². The van der Waals surface area contributed by atoms with Crippen molar-refractivity contribution in [2.75, 3.05) is 23.7 Å². The molecule has 2 amide bonds. The fourth-order valence-corrected chi connectivity index (χ4v) is 4.42. The fraction of sp³-hybridized carbons (Fsp3) is 0.414. The molecule has 2 aromatic rings. The maximum absolute atomic E-state index is 14.1. The number of pyridine rings is 1. The SMILES string of the molecule is Cc1ccc(NC(=O)c2cc(F)ccc2NC(=O)C2C=CC(C(C)(C)C)=CC2OC2CCNCC2)nc1. The van der Waals surface area contributed by atoms with Crippen molar-refractivity contribution in [2.45, 2.75) is 52.7 Å². The molecule has 196 valence electrons. The standard InChI is InChI=1S/C29H35FN4O3/c1-18-5-10-26(32-17-18)34-28(36)23-16-20(30)7-9-24(23)33-27(35)22-8-6-19(29(2,3)4)15-25(22)37-21-11-13-31-14-12-21/h5-10,15-17,21-22,25,31H,11-14H2,1-4H3,(H,33,35)(H,32,34,36). The lowest BCUT2D eigenvalue weighted by Gasteiger charge is -2.34. The van der Waals surface area contributed by atoms with E-state index in [1.807, 2.05) is 31.2 Å². The van der Waals surface area contributed by atoms with Crippen molar-refractivity contribution < 1.29 is 18.7 Å². The Morgan fingerprint density at radius 2 is 1.86 bits per heavy atom. The van der Waals surface area contributed by atoms with Gasteiger partial charge in [-0.25, -0.2) is 9.37 Å². The molecule has 0 radical (unpaired) electrons. The first kappa shape index (κ1) is 26.7. The summed E-state index contributed by atoms with van der Waals surface area (Å²) in [5.74, 6) is -1.73. The van der Waals surface area contributed by atoms with Crippen LogP contribution in [0.4, 0.5) is 15.9 Å². The largest absolute Gasteiger partial charge is 0.370 e. The molecular formula is C29H35FN4O3. The summed E-state index contributed by atoms with van der Waals surface area (Å²) in [5.41, 5.74) is 2.18. The van der Waals surface area contributed by atoms with Crippen LogP contribution in [0, 0.1) is 24.1 Å². The van der Waals surface area contributed by atoms with Crippen LogP contribution in [0.2, 0.25) is 0 Å². The molecule has 2 heterocycles. The number of ether oxygens (including phenoxy) is 1. The van der Waals surface area contributed by atoms with E-state index in [4.69, 9.17) is 4.74 Å². The van der Waals surface area contributed by atoms with E-state index in [-0.39, 0.29) is 28.7 Å². The van der Waals surface area contributed by atoms with Gasteiger partial charge in [0.25, 0.3) is 5.91 Å². The van der Waals surface area contributed by atoms with Crippen molar-refractivity contribution in [2.24, 2.45) is 11.3 Å². The van der Waals surface area contributed by atoms with Gasteiger partial charge in [-0.15, -0.1) is 0 Å². The molecule has 7 nitrogen and oxygen atoms in total. The number of allylic oxidation sites excluding steroid dienone is 2. The number of nitrogens with zero attached hydrogens (tertiary/aromatic N) is 1. The van der Waals surface area contributed by atoms with Crippen LogP contribution < -0.4 is 16.0 Å². The number of hydrogen-bond donors (Lipinski definition) is 3. The van der Waals surface area contributed by atoms with Gasteiger partial charge < -0.3 is 20.7 Å². The Kier molecular flexibility index (Phi) is 8.19. The van der Waals surface area contributed by atoms with Crippen LogP contribution in [0.25, 0.3) is 0 Å². The first-order valence-electron chi connectivity index (χ1n) is 12.7. The number of nitrogens with one attached hydrogen (secondary N) is 3. The van der Waals surface area contributed by atoms with Crippen molar-refractivity contribution >= 4 is 23.3 Å². The molecule has 1 aromatic heterocycles.